The average molecular weight is 328 g/mol. The van der Waals surface area contributed by atoms with Crippen molar-refractivity contribution >= 4 is 17.6 Å². The molecule has 1 aromatic carbocycles. The first-order chi connectivity index (χ1) is 11.6. The van der Waals surface area contributed by atoms with Gasteiger partial charge in [0.2, 0.25) is 0 Å². The molecule has 0 radical (unpaired) electrons. The summed E-state index contributed by atoms with van der Waals surface area (Å²) in [6.45, 7) is -0.148. The number of imide groups is 1. The number of nitrogens with two attached hydrogens (primary N) is 1. The highest BCUT2D eigenvalue weighted by Crippen LogP contribution is 2.29. The fourth-order valence-corrected chi connectivity index (χ4v) is 3.26. The molecule has 0 bridgehead atoms. The van der Waals surface area contributed by atoms with Crippen LogP contribution in [0.15, 0.2) is 18.2 Å². The number of anilines is 1. The largest absolute Gasteiger partial charge is 0.398 e. The Kier molecular flexibility index (Phi) is 6.62. The first kappa shape index (κ1) is 17.8. The number of rotatable bonds is 5. The molecule has 0 aliphatic heterocycles. The van der Waals surface area contributed by atoms with E-state index in [9.17, 15) is 9.59 Å². The lowest BCUT2D eigenvalue weighted by Gasteiger charge is -2.22. The first-order valence-electron chi connectivity index (χ1n) is 8.45. The third-order valence-electron chi connectivity index (χ3n) is 4.54. The summed E-state index contributed by atoms with van der Waals surface area (Å²) < 4.78 is 0. The summed E-state index contributed by atoms with van der Waals surface area (Å²) in [6.07, 6.45) is 8.10. The predicted molar refractivity (Wildman–Crippen MR) is 92.2 cm³/mol. The van der Waals surface area contributed by atoms with Gasteiger partial charge >= 0.3 is 6.03 Å². The second-order valence-corrected chi connectivity index (χ2v) is 6.21. The van der Waals surface area contributed by atoms with E-state index in [4.69, 9.17) is 11.0 Å². The van der Waals surface area contributed by atoms with Crippen molar-refractivity contribution in [3.8, 4) is 6.07 Å². The number of carbonyl (C=O) groups is 2. The van der Waals surface area contributed by atoms with Crippen molar-refractivity contribution in [1.29, 1.82) is 5.26 Å². The number of nitrogens with zero attached hydrogens (tertiary/aromatic N) is 1. The Morgan fingerprint density at radius 2 is 2.00 bits per heavy atom. The minimum Gasteiger partial charge on any atom is -0.398 e. The molecule has 1 aliphatic carbocycles. The van der Waals surface area contributed by atoms with Crippen LogP contribution in [0.1, 0.15) is 54.4 Å². The quantitative estimate of drug-likeness (QED) is 0.570. The third-order valence-corrected chi connectivity index (χ3v) is 4.54. The monoisotopic (exact) mass is 328 g/mol. The van der Waals surface area contributed by atoms with E-state index >= 15 is 0 Å². The van der Waals surface area contributed by atoms with Gasteiger partial charge in [-0.1, -0.05) is 38.2 Å². The van der Waals surface area contributed by atoms with E-state index in [0.29, 0.717) is 17.2 Å². The molecule has 0 atom stereocenters. The van der Waals surface area contributed by atoms with Crippen molar-refractivity contribution in [2.75, 3.05) is 12.3 Å². The van der Waals surface area contributed by atoms with Crippen LogP contribution < -0.4 is 16.4 Å². The number of urea groups is 1. The topological polar surface area (TPSA) is 108 Å². The molecule has 0 aromatic heterocycles. The van der Waals surface area contributed by atoms with Crippen molar-refractivity contribution in [3.63, 3.8) is 0 Å². The number of hydrogen-bond acceptors (Lipinski definition) is 4. The summed E-state index contributed by atoms with van der Waals surface area (Å²) in [6, 6.07) is 6.28. The van der Waals surface area contributed by atoms with E-state index in [1.54, 1.807) is 24.3 Å². The molecule has 0 heterocycles. The lowest BCUT2D eigenvalue weighted by atomic mass is 9.84. The fourth-order valence-electron chi connectivity index (χ4n) is 3.26. The molecule has 128 valence electrons. The summed E-state index contributed by atoms with van der Waals surface area (Å²) in [5.74, 6) is 0.199. The molecule has 3 amide bonds. The zero-order valence-electron chi connectivity index (χ0n) is 13.8. The number of benzene rings is 1. The molecule has 1 fully saturated rings. The maximum Gasteiger partial charge on any atom is 0.322 e. The third kappa shape index (κ3) is 4.98. The summed E-state index contributed by atoms with van der Waals surface area (Å²) in [4.78, 5) is 23.9. The number of nitrogen functional groups attached to an aromatic ring is 1. The van der Waals surface area contributed by atoms with Crippen molar-refractivity contribution in [3.05, 3.63) is 29.3 Å². The highest BCUT2D eigenvalue weighted by atomic mass is 16.2. The summed E-state index contributed by atoms with van der Waals surface area (Å²) in [7, 11) is 0. The van der Waals surface area contributed by atoms with Gasteiger partial charge in [-0.3, -0.25) is 10.1 Å². The molecule has 1 aliphatic rings. The molecule has 2 rings (SSSR count). The molecular formula is C18H24N4O2. The number of carbonyl (C=O) groups excluding carboxylic acids is 2. The van der Waals surface area contributed by atoms with Crippen LogP contribution in [0.5, 0.6) is 0 Å². The van der Waals surface area contributed by atoms with Crippen molar-refractivity contribution < 1.29 is 9.59 Å². The molecule has 0 unspecified atom stereocenters. The molecule has 6 nitrogen and oxygen atoms in total. The second-order valence-electron chi connectivity index (χ2n) is 6.21. The number of amides is 3. The Morgan fingerprint density at radius 1 is 1.25 bits per heavy atom. The van der Waals surface area contributed by atoms with E-state index in [1.807, 2.05) is 0 Å². The number of hydrogen-bond donors (Lipinski definition) is 3. The van der Waals surface area contributed by atoms with Crippen molar-refractivity contribution in [2.24, 2.45) is 5.92 Å². The van der Waals surface area contributed by atoms with Crippen LogP contribution in [0.2, 0.25) is 0 Å². The second kappa shape index (κ2) is 8.92. The van der Waals surface area contributed by atoms with Gasteiger partial charge in [-0.05, 0) is 36.5 Å². The molecular weight excluding hydrogens is 304 g/mol. The van der Waals surface area contributed by atoms with Crippen molar-refractivity contribution in [1.82, 2.24) is 10.6 Å². The Hall–Kier alpha value is -2.55. The van der Waals surface area contributed by atoms with Gasteiger partial charge < -0.3 is 11.1 Å². The Balaban J connectivity index is 2.03. The number of nitriles is 1. The van der Waals surface area contributed by atoms with Gasteiger partial charge in [-0.2, -0.15) is 5.26 Å². The maximum absolute atomic E-state index is 12.3. The van der Waals surface area contributed by atoms with Crippen LogP contribution in [0.4, 0.5) is 10.5 Å². The van der Waals surface area contributed by atoms with Crippen LogP contribution in [0, 0.1) is 17.2 Å². The van der Waals surface area contributed by atoms with Crippen LogP contribution >= 0.6 is 0 Å². The van der Waals surface area contributed by atoms with Gasteiger partial charge in [-0.25, -0.2) is 4.79 Å². The van der Waals surface area contributed by atoms with E-state index in [-0.39, 0.29) is 6.54 Å². The molecule has 6 heteroatoms. The summed E-state index contributed by atoms with van der Waals surface area (Å²) in [5.41, 5.74) is 7.87. The molecule has 1 aromatic rings. The lowest BCUT2D eigenvalue weighted by molar-refractivity contribution is 0.0963. The smallest absolute Gasteiger partial charge is 0.322 e. The van der Waals surface area contributed by atoms with Gasteiger partial charge in [0, 0.05) is 11.3 Å². The van der Waals surface area contributed by atoms with Crippen LogP contribution in [0.25, 0.3) is 0 Å². The fraction of sp³-hybridized carbons (Fsp3) is 0.500. The molecule has 24 heavy (non-hydrogen) atoms. The molecule has 0 spiro atoms. The average Bonchev–Trinajstić information content (AvgIpc) is 2.59. The van der Waals surface area contributed by atoms with Gasteiger partial charge in [0.05, 0.1) is 6.07 Å². The van der Waals surface area contributed by atoms with Gasteiger partial charge in [-0.15, -0.1) is 0 Å². The maximum atomic E-state index is 12.3. The predicted octanol–water partition coefficient (Wildman–Crippen LogP) is 2.74. The zero-order chi connectivity index (χ0) is 17.4. The molecule has 0 saturated heterocycles. The van der Waals surface area contributed by atoms with E-state index in [0.717, 1.165) is 18.4 Å². The molecule has 4 N–H and O–H groups in total. The Bertz CT molecular complexity index is 630. The van der Waals surface area contributed by atoms with E-state index < -0.39 is 11.9 Å². The van der Waals surface area contributed by atoms with Crippen molar-refractivity contribution in [2.45, 2.75) is 44.9 Å². The SMILES string of the molecule is N#CCNC(=O)NC(=O)c1cccc(N)c1CCC1CCCCC1. The van der Waals surface area contributed by atoms with Crippen LogP contribution in [-0.2, 0) is 6.42 Å². The number of nitrogens with one attached hydrogen (secondary N) is 2. The van der Waals surface area contributed by atoms with E-state index in [2.05, 4.69) is 10.6 Å². The van der Waals surface area contributed by atoms with Gasteiger partial charge in [0.25, 0.3) is 5.91 Å². The minimum atomic E-state index is -0.679. The Morgan fingerprint density at radius 3 is 2.71 bits per heavy atom. The van der Waals surface area contributed by atoms with Gasteiger partial charge in [0.15, 0.2) is 0 Å². The van der Waals surface area contributed by atoms with Gasteiger partial charge in [0.1, 0.15) is 6.54 Å². The highest BCUT2D eigenvalue weighted by Gasteiger charge is 2.18. The summed E-state index contributed by atoms with van der Waals surface area (Å²) in [5, 5.41) is 13.0. The lowest BCUT2D eigenvalue weighted by Crippen LogP contribution is -2.40. The highest BCUT2D eigenvalue weighted by molar-refractivity contribution is 6.05. The molecule has 1 saturated carbocycles. The van der Waals surface area contributed by atoms with Crippen LogP contribution in [-0.4, -0.2) is 18.5 Å². The van der Waals surface area contributed by atoms with Crippen LogP contribution in [0.3, 0.4) is 0 Å². The standard InChI is InChI=1S/C18H24N4O2/c19-11-12-21-18(24)22-17(23)15-7-4-8-16(20)14(15)10-9-13-5-2-1-3-6-13/h4,7-8,13H,1-3,5-6,9-10,12,20H2,(H2,21,22,23,24). The first-order valence-corrected chi connectivity index (χ1v) is 8.45. The Labute approximate surface area is 142 Å². The minimum absolute atomic E-state index is 0.148. The van der Waals surface area contributed by atoms with E-state index in [1.165, 1.54) is 32.1 Å². The normalized spacial score (nSPS) is 14.6. The summed E-state index contributed by atoms with van der Waals surface area (Å²) >= 11 is 0. The zero-order valence-corrected chi connectivity index (χ0v) is 13.8.